The number of halogens is 2. The number of carbonyl (C=O) groups excluding carboxylic acids is 1. The second-order valence-electron chi connectivity index (χ2n) is 5.86. The SMILES string of the molecule is O=C(c1ccc(N[S-](=O)=O)cc1)N1CCC(O)(CCC(F)F)CC1.[AlH2+]. The van der Waals surface area contributed by atoms with Gasteiger partial charge in [-0.15, -0.1) is 0 Å². The standard InChI is InChI=1S/C15H19F2N2O4S.Al.2H/c16-13(17)5-6-15(21)7-9-19(10-8-15)14(20)11-1-3-12(4-2-11)18-24(22)23;;;/h1-4,13,21H,5-10H2,(H,18,22,23);;;/q-1;+1;;. The number of nitrogens with one attached hydrogen (secondary N) is 1. The Balaban J connectivity index is 0.00000312. The average Bonchev–Trinajstić information content (AvgIpc) is 2.53. The van der Waals surface area contributed by atoms with Crippen LogP contribution in [0.5, 0.6) is 0 Å². The van der Waals surface area contributed by atoms with Crippen molar-refractivity contribution in [2.45, 2.75) is 37.7 Å². The fourth-order valence-electron chi connectivity index (χ4n) is 2.71. The first kappa shape index (κ1) is 21.8. The zero-order chi connectivity index (χ0) is 17.7. The van der Waals surface area contributed by atoms with Gasteiger partial charge in [0.15, 0.2) is 0 Å². The van der Waals surface area contributed by atoms with Crippen LogP contribution in [0.2, 0.25) is 0 Å². The summed E-state index contributed by atoms with van der Waals surface area (Å²) in [5, 5.41) is 10.3. The monoisotopic (exact) mass is 390 g/mol. The number of piperidine rings is 1. The normalized spacial score (nSPS) is 16.6. The Morgan fingerprint density at radius 3 is 2.28 bits per heavy atom. The van der Waals surface area contributed by atoms with Crippen LogP contribution >= 0.6 is 0 Å². The number of nitrogens with zero attached hydrogens (tertiary/aromatic N) is 1. The average molecular weight is 390 g/mol. The van der Waals surface area contributed by atoms with Gasteiger partial charge in [-0.25, -0.2) is 8.78 Å². The summed E-state index contributed by atoms with van der Waals surface area (Å²) >= 11 is 0. The second kappa shape index (κ2) is 9.48. The van der Waals surface area contributed by atoms with E-state index in [2.05, 4.69) is 4.72 Å². The van der Waals surface area contributed by atoms with Crippen LogP contribution < -0.4 is 4.72 Å². The fourth-order valence-corrected chi connectivity index (χ4v) is 3.04. The molecule has 1 amide bonds. The fraction of sp³-hybridized carbons (Fsp3) is 0.533. The minimum atomic E-state index is -2.44. The Hall–Kier alpha value is -1.21. The molecule has 1 aromatic rings. The number of rotatable bonds is 6. The molecule has 0 saturated carbocycles. The molecule has 6 nitrogen and oxygen atoms in total. The molecule has 0 bridgehead atoms. The van der Waals surface area contributed by atoms with Gasteiger partial charge in [0.1, 0.15) is 0 Å². The van der Waals surface area contributed by atoms with E-state index in [0.717, 1.165) is 0 Å². The molecule has 0 radical (unpaired) electrons. The van der Waals surface area contributed by atoms with Crippen molar-refractivity contribution in [3.63, 3.8) is 0 Å². The third kappa shape index (κ3) is 6.55. The Morgan fingerprint density at radius 1 is 1.24 bits per heavy atom. The summed E-state index contributed by atoms with van der Waals surface area (Å²) in [6.07, 6.45) is -2.23. The Labute approximate surface area is 157 Å². The third-order valence-electron chi connectivity index (χ3n) is 4.14. The molecule has 0 aromatic heterocycles. The van der Waals surface area contributed by atoms with Crippen LogP contribution in [-0.2, 0) is 19.3 Å². The van der Waals surface area contributed by atoms with Gasteiger partial charge in [-0.05, 0) is 43.5 Å². The first-order chi connectivity index (χ1) is 11.3. The molecule has 0 aliphatic carbocycles. The van der Waals surface area contributed by atoms with Gasteiger partial charge in [0.25, 0.3) is 5.91 Å². The summed E-state index contributed by atoms with van der Waals surface area (Å²) in [7, 11) is -2.43. The van der Waals surface area contributed by atoms with E-state index in [1.807, 2.05) is 0 Å². The molecule has 0 spiro atoms. The zero-order valence-electron chi connectivity index (χ0n) is 13.9. The summed E-state index contributed by atoms with van der Waals surface area (Å²) in [6, 6.07) is 5.97. The van der Waals surface area contributed by atoms with Gasteiger partial charge >= 0.3 is 17.4 Å². The maximum absolute atomic E-state index is 12.4. The summed E-state index contributed by atoms with van der Waals surface area (Å²) in [4.78, 5) is 14.0. The predicted octanol–water partition coefficient (Wildman–Crippen LogP) is 1.42. The molecule has 1 saturated heterocycles. The molecule has 1 aromatic carbocycles. The molecule has 10 heteroatoms. The molecule has 0 unspecified atom stereocenters. The van der Waals surface area contributed by atoms with Gasteiger partial charge in [-0.1, -0.05) is 0 Å². The van der Waals surface area contributed by atoms with E-state index in [9.17, 15) is 27.1 Å². The van der Waals surface area contributed by atoms with Gasteiger partial charge < -0.3 is 23.1 Å². The van der Waals surface area contributed by atoms with Crippen molar-refractivity contribution >= 4 is 39.8 Å². The summed E-state index contributed by atoms with van der Waals surface area (Å²) in [6.45, 7) is 0.590. The number of hydrogen-bond donors (Lipinski definition) is 2. The quantitative estimate of drug-likeness (QED) is 0.568. The van der Waals surface area contributed by atoms with Crippen LogP contribution in [-0.4, -0.2) is 58.4 Å². The van der Waals surface area contributed by atoms with Gasteiger partial charge in [-0.3, -0.25) is 4.79 Å². The van der Waals surface area contributed by atoms with E-state index < -0.39 is 22.9 Å². The van der Waals surface area contributed by atoms with E-state index in [-0.39, 0.29) is 49.0 Å². The van der Waals surface area contributed by atoms with Gasteiger partial charge in [0, 0.05) is 41.7 Å². The van der Waals surface area contributed by atoms with Crippen molar-refractivity contribution in [1.29, 1.82) is 0 Å². The summed E-state index contributed by atoms with van der Waals surface area (Å²) < 4.78 is 47.8. The number of alkyl halides is 2. The van der Waals surface area contributed by atoms with Crippen molar-refractivity contribution in [3.05, 3.63) is 29.8 Å². The first-order valence-corrected chi connectivity index (χ1v) is 8.62. The molecule has 2 N–H and O–H groups in total. The van der Waals surface area contributed by atoms with Crippen molar-refractivity contribution in [2.75, 3.05) is 17.8 Å². The summed E-state index contributed by atoms with van der Waals surface area (Å²) in [5.41, 5.74) is -0.394. The number of benzene rings is 1. The molecule has 1 aliphatic heterocycles. The number of anilines is 1. The number of likely N-dealkylation sites (tertiary alicyclic amines) is 1. The van der Waals surface area contributed by atoms with Crippen LogP contribution in [0.3, 0.4) is 0 Å². The van der Waals surface area contributed by atoms with E-state index in [1.54, 1.807) is 4.90 Å². The van der Waals surface area contributed by atoms with E-state index in [4.69, 9.17) is 0 Å². The Morgan fingerprint density at radius 2 is 1.80 bits per heavy atom. The van der Waals surface area contributed by atoms with Gasteiger partial charge in [-0.2, -0.15) is 0 Å². The number of carbonyl (C=O) groups is 1. The number of aliphatic hydroxyl groups is 1. The van der Waals surface area contributed by atoms with Crippen LogP contribution in [0.25, 0.3) is 0 Å². The number of amides is 1. The van der Waals surface area contributed by atoms with E-state index >= 15 is 0 Å². The Kier molecular flexibility index (Phi) is 8.28. The maximum atomic E-state index is 12.4. The van der Waals surface area contributed by atoms with Gasteiger partial charge in [0.2, 0.25) is 6.43 Å². The predicted molar refractivity (Wildman–Crippen MR) is 92.7 cm³/mol. The molecule has 1 aliphatic rings. The van der Waals surface area contributed by atoms with Crippen molar-refractivity contribution < 1.29 is 27.1 Å². The van der Waals surface area contributed by atoms with Crippen molar-refractivity contribution in [1.82, 2.24) is 4.90 Å². The van der Waals surface area contributed by atoms with Crippen LogP contribution in [0.4, 0.5) is 14.5 Å². The van der Waals surface area contributed by atoms with Crippen molar-refractivity contribution in [3.8, 4) is 0 Å². The van der Waals surface area contributed by atoms with Crippen LogP contribution in [0.15, 0.2) is 24.3 Å². The van der Waals surface area contributed by atoms with Crippen LogP contribution in [0, 0.1) is 0 Å². The topological polar surface area (TPSA) is 86.7 Å². The molecular formula is C15H21AlF2N2O4S. The van der Waals surface area contributed by atoms with E-state index in [1.165, 1.54) is 24.3 Å². The van der Waals surface area contributed by atoms with Crippen LogP contribution in [0.1, 0.15) is 36.0 Å². The summed E-state index contributed by atoms with van der Waals surface area (Å²) in [5.74, 6) is -0.235. The minimum absolute atomic E-state index is 0. The molecule has 0 atom stereocenters. The first-order valence-electron chi connectivity index (χ1n) is 7.55. The molecule has 25 heavy (non-hydrogen) atoms. The molecule has 1 fully saturated rings. The number of hydrogen-bond acceptors (Lipinski definition) is 5. The molecule has 2 rings (SSSR count). The molecular weight excluding hydrogens is 369 g/mol. The molecule has 1 heterocycles. The van der Waals surface area contributed by atoms with Crippen molar-refractivity contribution in [2.24, 2.45) is 0 Å². The van der Waals surface area contributed by atoms with Gasteiger partial charge in [0.05, 0.1) is 5.60 Å². The zero-order valence-corrected chi connectivity index (χ0v) is 16.7. The molecule has 138 valence electrons. The third-order valence-corrected chi connectivity index (χ3v) is 4.54. The second-order valence-corrected chi connectivity index (χ2v) is 6.53. The van der Waals surface area contributed by atoms with E-state index in [0.29, 0.717) is 24.3 Å². The Bertz CT molecular complexity index is 639.